The van der Waals surface area contributed by atoms with Gasteiger partial charge < -0.3 is 15.4 Å². The van der Waals surface area contributed by atoms with Crippen molar-refractivity contribution in [2.24, 2.45) is 5.73 Å². The summed E-state index contributed by atoms with van der Waals surface area (Å²) in [5.74, 6) is -1.12. The number of ether oxygens (including phenoxy) is 1. The van der Waals surface area contributed by atoms with Crippen LogP contribution in [0, 0.1) is 0 Å². The van der Waals surface area contributed by atoms with Gasteiger partial charge in [0, 0.05) is 12.6 Å². The molecule has 0 unspecified atom stereocenters. The van der Waals surface area contributed by atoms with E-state index >= 15 is 0 Å². The quantitative estimate of drug-likeness (QED) is 0.662. The van der Waals surface area contributed by atoms with E-state index in [4.69, 9.17) is 5.73 Å². The van der Waals surface area contributed by atoms with Gasteiger partial charge >= 0.3 is 5.97 Å². The van der Waals surface area contributed by atoms with E-state index in [1.54, 1.807) is 30.3 Å². The molecule has 6 heteroatoms. The number of amides is 2. The molecule has 116 valence electrons. The van der Waals surface area contributed by atoms with Crippen LogP contribution in [0.15, 0.2) is 30.3 Å². The van der Waals surface area contributed by atoms with Gasteiger partial charge in [0.15, 0.2) is 0 Å². The molecule has 0 radical (unpaired) electrons. The highest BCUT2D eigenvalue weighted by Crippen LogP contribution is 2.17. The number of methoxy groups -OCH3 is 1. The molecule has 0 bridgehead atoms. The molecule has 6 nitrogen and oxygen atoms in total. The molecule has 0 aromatic heterocycles. The zero-order valence-electron chi connectivity index (χ0n) is 12.3. The SMILES string of the molecule is COC(=O)c1ccc(/C=C/C(=O)N2CCC[C@H]2C(N)=O)cc1. The Hall–Kier alpha value is -2.63. The molecule has 1 aliphatic rings. The fourth-order valence-corrected chi connectivity index (χ4v) is 2.44. The van der Waals surface area contributed by atoms with Crippen LogP contribution in [0.25, 0.3) is 6.08 Å². The molecule has 1 saturated heterocycles. The first-order valence-electron chi connectivity index (χ1n) is 6.99. The molecular weight excluding hydrogens is 284 g/mol. The Morgan fingerprint density at radius 1 is 1.27 bits per heavy atom. The molecule has 2 amide bonds. The van der Waals surface area contributed by atoms with Crippen LogP contribution in [0.1, 0.15) is 28.8 Å². The summed E-state index contributed by atoms with van der Waals surface area (Å²) >= 11 is 0. The largest absolute Gasteiger partial charge is 0.465 e. The number of hydrogen-bond acceptors (Lipinski definition) is 4. The molecule has 1 aromatic carbocycles. The van der Waals surface area contributed by atoms with Crippen LogP contribution in [0.3, 0.4) is 0 Å². The predicted octanol–water partition coefficient (Wildman–Crippen LogP) is 0.963. The summed E-state index contributed by atoms with van der Waals surface area (Å²) < 4.78 is 4.61. The standard InChI is InChI=1S/C16H18N2O4/c1-22-16(21)12-7-4-11(5-8-12)6-9-14(19)18-10-2-3-13(18)15(17)20/h4-9,13H,2-3,10H2,1H3,(H2,17,20)/b9-6+/t13-/m0/s1. The second-order valence-electron chi connectivity index (χ2n) is 5.04. The van der Waals surface area contributed by atoms with E-state index in [-0.39, 0.29) is 5.91 Å². The van der Waals surface area contributed by atoms with E-state index in [2.05, 4.69) is 4.74 Å². The molecule has 1 fully saturated rings. The van der Waals surface area contributed by atoms with E-state index in [1.165, 1.54) is 18.1 Å². The summed E-state index contributed by atoms with van der Waals surface area (Å²) in [6.45, 7) is 0.540. The number of rotatable bonds is 4. The van der Waals surface area contributed by atoms with Crippen LogP contribution in [0.4, 0.5) is 0 Å². The monoisotopic (exact) mass is 302 g/mol. The predicted molar refractivity (Wildman–Crippen MR) is 80.7 cm³/mol. The Labute approximate surface area is 128 Å². The highest BCUT2D eigenvalue weighted by Gasteiger charge is 2.31. The first-order chi connectivity index (χ1) is 10.5. The maximum absolute atomic E-state index is 12.1. The number of carbonyl (C=O) groups is 3. The summed E-state index contributed by atoms with van der Waals surface area (Å²) in [4.78, 5) is 36.2. The lowest BCUT2D eigenvalue weighted by atomic mass is 10.1. The molecule has 1 heterocycles. The molecular formula is C16H18N2O4. The van der Waals surface area contributed by atoms with Crippen LogP contribution in [0.5, 0.6) is 0 Å². The minimum absolute atomic E-state index is 0.238. The zero-order chi connectivity index (χ0) is 16.1. The Kier molecular flexibility index (Phi) is 4.93. The molecule has 0 spiro atoms. The number of esters is 1. The Morgan fingerprint density at radius 3 is 2.55 bits per heavy atom. The number of hydrogen-bond donors (Lipinski definition) is 1. The average Bonchev–Trinajstić information content (AvgIpc) is 3.02. The summed E-state index contributed by atoms with van der Waals surface area (Å²) in [6, 6.07) is 6.16. The lowest BCUT2D eigenvalue weighted by Crippen LogP contribution is -2.42. The summed E-state index contributed by atoms with van der Waals surface area (Å²) in [5, 5.41) is 0. The Morgan fingerprint density at radius 2 is 1.95 bits per heavy atom. The van der Waals surface area contributed by atoms with E-state index < -0.39 is 17.9 Å². The number of nitrogens with two attached hydrogens (primary N) is 1. The van der Waals surface area contributed by atoms with Crippen molar-refractivity contribution in [1.29, 1.82) is 0 Å². The van der Waals surface area contributed by atoms with Crippen LogP contribution < -0.4 is 5.73 Å². The van der Waals surface area contributed by atoms with Crippen LogP contribution in [-0.4, -0.2) is 42.4 Å². The van der Waals surface area contributed by atoms with E-state index in [0.717, 1.165) is 12.0 Å². The highest BCUT2D eigenvalue weighted by atomic mass is 16.5. The molecule has 1 aromatic rings. The van der Waals surface area contributed by atoms with Gasteiger partial charge in [0.25, 0.3) is 0 Å². The van der Waals surface area contributed by atoms with Gasteiger partial charge in [-0.05, 0) is 36.6 Å². The number of nitrogens with zero attached hydrogens (tertiary/aromatic N) is 1. The second kappa shape index (κ2) is 6.89. The molecule has 1 aliphatic heterocycles. The van der Waals surface area contributed by atoms with Gasteiger partial charge in [0.05, 0.1) is 12.7 Å². The summed E-state index contributed by atoms with van der Waals surface area (Å²) in [7, 11) is 1.32. The van der Waals surface area contributed by atoms with E-state index in [9.17, 15) is 14.4 Å². The number of primary amides is 1. The topological polar surface area (TPSA) is 89.7 Å². The maximum atomic E-state index is 12.1. The fraction of sp³-hybridized carbons (Fsp3) is 0.312. The lowest BCUT2D eigenvalue weighted by molar-refractivity contribution is -0.133. The van der Waals surface area contributed by atoms with Crippen molar-refractivity contribution in [3.05, 3.63) is 41.5 Å². The normalized spacial score (nSPS) is 17.7. The minimum Gasteiger partial charge on any atom is -0.465 e. The molecule has 2 N–H and O–H groups in total. The lowest BCUT2D eigenvalue weighted by Gasteiger charge is -2.20. The van der Waals surface area contributed by atoms with Gasteiger partial charge in [0.1, 0.15) is 6.04 Å². The van der Waals surface area contributed by atoms with Crippen molar-refractivity contribution in [3.63, 3.8) is 0 Å². The van der Waals surface area contributed by atoms with Crippen molar-refractivity contribution in [2.75, 3.05) is 13.7 Å². The number of carbonyl (C=O) groups excluding carboxylic acids is 3. The molecule has 22 heavy (non-hydrogen) atoms. The molecule has 0 saturated carbocycles. The van der Waals surface area contributed by atoms with Crippen LogP contribution in [0.2, 0.25) is 0 Å². The minimum atomic E-state index is -0.515. The number of likely N-dealkylation sites (tertiary alicyclic amines) is 1. The van der Waals surface area contributed by atoms with Crippen LogP contribution in [-0.2, 0) is 14.3 Å². The van der Waals surface area contributed by atoms with Crippen LogP contribution >= 0.6 is 0 Å². The molecule has 1 atom stereocenters. The third-order valence-corrected chi connectivity index (χ3v) is 3.61. The van der Waals surface area contributed by atoms with Crippen molar-refractivity contribution in [1.82, 2.24) is 4.90 Å². The average molecular weight is 302 g/mol. The van der Waals surface area contributed by atoms with Gasteiger partial charge in [-0.15, -0.1) is 0 Å². The summed E-state index contributed by atoms with van der Waals surface area (Å²) in [5.41, 5.74) is 6.51. The smallest absolute Gasteiger partial charge is 0.337 e. The fourth-order valence-electron chi connectivity index (χ4n) is 2.44. The third-order valence-electron chi connectivity index (χ3n) is 3.61. The first-order valence-corrected chi connectivity index (χ1v) is 6.99. The van der Waals surface area contributed by atoms with Gasteiger partial charge in [0.2, 0.25) is 11.8 Å². The van der Waals surface area contributed by atoms with E-state index in [1.807, 2.05) is 0 Å². The second-order valence-corrected chi connectivity index (χ2v) is 5.04. The first kappa shape index (κ1) is 15.8. The molecule has 2 rings (SSSR count). The Bertz CT molecular complexity index is 607. The Balaban J connectivity index is 2.03. The van der Waals surface area contributed by atoms with Gasteiger partial charge in [-0.1, -0.05) is 12.1 Å². The van der Waals surface area contributed by atoms with Crippen molar-refractivity contribution in [3.8, 4) is 0 Å². The van der Waals surface area contributed by atoms with Crippen molar-refractivity contribution in [2.45, 2.75) is 18.9 Å². The number of benzene rings is 1. The van der Waals surface area contributed by atoms with Crippen molar-refractivity contribution < 1.29 is 19.1 Å². The van der Waals surface area contributed by atoms with Gasteiger partial charge in [-0.25, -0.2) is 4.79 Å². The zero-order valence-corrected chi connectivity index (χ0v) is 12.3. The molecule has 0 aliphatic carbocycles. The highest BCUT2D eigenvalue weighted by molar-refractivity contribution is 5.96. The third kappa shape index (κ3) is 3.52. The van der Waals surface area contributed by atoms with Gasteiger partial charge in [-0.2, -0.15) is 0 Å². The van der Waals surface area contributed by atoms with Crippen molar-refractivity contribution >= 4 is 23.9 Å². The van der Waals surface area contributed by atoms with E-state index in [0.29, 0.717) is 18.5 Å². The van der Waals surface area contributed by atoms with Gasteiger partial charge in [-0.3, -0.25) is 9.59 Å². The summed E-state index contributed by atoms with van der Waals surface area (Å²) in [6.07, 6.45) is 4.44. The maximum Gasteiger partial charge on any atom is 0.337 e.